The zero-order chi connectivity index (χ0) is 10.7. The summed E-state index contributed by atoms with van der Waals surface area (Å²) >= 11 is 0. The molecular weight excluding hydrogens is 184 g/mol. The Morgan fingerprint density at radius 1 is 1.50 bits per heavy atom. The first-order valence-corrected chi connectivity index (χ1v) is 4.89. The average Bonchev–Trinajstić information content (AvgIpc) is 2.42. The molecule has 0 amide bonds. The van der Waals surface area contributed by atoms with E-state index in [2.05, 4.69) is 0 Å². The second-order valence-electron chi connectivity index (χ2n) is 3.83. The van der Waals surface area contributed by atoms with Gasteiger partial charge in [0.25, 0.3) is 0 Å². The molecule has 1 aliphatic heterocycles. The van der Waals surface area contributed by atoms with Crippen molar-refractivity contribution in [1.29, 1.82) is 0 Å². The molecule has 0 N–H and O–H groups in total. The minimum Gasteiger partial charge on any atom is -0.459 e. The maximum Gasteiger partial charge on any atom is 0.309 e. The van der Waals surface area contributed by atoms with E-state index >= 15 is 0 Å². The lowest BCUT2D eigenvalue weighted by atomic mass is 9.92. The number of rotatable bonds is 4. The van der Waals surface area contributed by atoms with Crippen molar-refractivity contribution in [2.45, 2.75) is 33.0 Å². The van der Waals surface area contributed by atoms with E-state index in [4.69, 9.17) is 14.2 Å². The van der Waals surface area contributed by atoms with Crippen molar-refractivity contribution in [2.24, 2.45) is 11.8 Å². The van der Waals surface area contributed by atoms with Gasteiger partial charge < -0.3 is 14.2 Å². The van der Waals surface area contributed by atoms with Crippen molar-refractivity contribution >= 4 is 5.97 Å². The SMILES string of the molecule is COCO[C@@H](C)[C@@H]1OC(=O)[C@H](C)[C@H]1C. The number of carbonyl (C=O) groups is 1. The second-order valence-corrected chi connectivity index (χ2v) is 3.83. The van der Waals surface area contributed by atoms with Crippen LogP contribution in [0.25, 0.3) is 0 Å². The first-order chi connectivity index (χ1) is 6.57. The molecule has 4 atom stereocenters. The molecule has 0 aliphatic carbocycles. The number of ether oxygens (including phenoxy) is 3. The Morgan fingerprint density at radius 2 is 2.14 bits per heavy atom. The monoisotopic (exact) mass is 202 g/mol. The molecule has 4 nitrogen and oxygen atoms in total. The van der Waals surface area contributed by atoms with Gasteiger partial charge in [-0.2, -0.15) is 0 Å². The minimum absolute atomic E-state index is 0.0337. The summed E-state index contributed by atoms with van der Waals surface area (Å²) in [7, 11) is 1.57. The molecule has 0 unspecified atom stereocenters. The molecule has 0 bridgehead atoms. The molecule has 4 heteroatoms. The van der Waals surface area contributed by atoms with Crippen LogP contribution in [0.5, 0.6) is 0 Å². The summed E-state index contributed by atoms with van der Waals surface area (Å²) in [5.41, 5.74) is 0. The van der Waals surface area contributed by atoms with Gasteiger partial charge in [-0.1, -0.05) is 13.8 Å². The van der Waals surface area contributed by atoms with Gasteiger partial charge in [-0.3, -0.25) is 4.79 Å². The van der Waals surface area contributed by atoms with Crippen molar-refractivity contribution in [3.05, 3.63) is 0 Å². The number of esters is 1. The Labute approximate surface area is 84.5 Å². The van der Waals surface area contributed by atoms with Gasteiger partial charge in [0, 0.05) is 13.0 Å². The van der Waals surface area contributed by atoms with Crippen LogP contribution in [0.3, 0.4) is 0 Å². The highest BCUT2D eigenvalue weighted by Gasteiger charge is 2.41. The minimum atomic E-state index is -0.146. The van der Waals surface area contributed by atoms with E-state index in [1.807, 2.05) is 20.8 Å². The molecule has 0 aromatic heterocycles. The van der Waals surface area contributed by atoms with E-state index in [0.717, 1.165) is 0 Å². The van der Waals surface area contributed by atoms with Gasteiger partial charge >= 0.3 is 5.97 Å². The zero-order valence-corrected chi connectivity index (χ0v) is 9.15. The molecule has 1 heterocycles. The van der Waals surface area contributed by atoms with Crippen LogP contribution in [0.15, 0.2) is 0 Å². The van der Waals surface area contributed by atoms with Crippen molar-refractivity contribution in [1.82, 2.24) is 0 Å². The standard InChI is InChI=1S/C10H18O4/c1-6-7(2)10(11)14-9(6)8(3)13-5-12-4/h6-9H,5H2,1-4H3/t6-,7-,8+,9-/m1/s1. The lowest BCUT2D eigenvalue weighted by molar-refractivity contribution is -0.154. The maximum atomic E-state index is 11.3. The second kappa shape index (κ2) is 4.75. The highest BCUT2D eigenvalue weighted by molar-refractivity contribution is 5.74. The van der Waals surface area contributed by atoms with Gasteiger partial charge in [-0.15, -0.1) is 0 Å². The fourth-order valence-corrected chi connectivity index (χ4v) is 1.64. The van der Waals surface area contributed by atoms with E-state index in [1.54, 1.807) is 7.11 Å². The fraction of sp³-hybridized carbons (Fsp3) is 0.900. The maximum absolute atomic E-state index is 11.3. The Hall–Kier alpha value is -0.610. The predicted molar refractivity (Wildman–Crippen MR) is 50.6 cm³/mol. The summed E-state index contributed by atoms with van der Waals surface area (Å²) in [5, 5.41) is 0. The Balaban J connectivity index is 2.48. The van der Waals surface area contributed by atoms with Gasteiger partial charge in [-0.05, 0) is 6.92 Å². The topological polar surface area (TPSA) is 44.8 Å². The summed E-state index contributed by atoms with van der Waals surface area (Å²) in [4.78, 5) is 11.3. The van der Waals surface area contributed by atoms with Crippen molar-refractivity contribution in [3.63, 3.8) is 0 Å². The molecule has 0 aromatic carbocycles. The van der Waals surface area contributed by atoms with Crippen LogP contribution in [0.2, 0.25) is 0 Å². The highest BCUT2D eigenvalue weighted by Crippen LogP contribution is 2.30. The average molecular weight is 202 g/mol. The number of methoxy groups -OCH3 is 1. The summed E-state index contributed by atoms with van der Waals surface area (Å²) in [5.74, 6) is 0.0401. The third-order valence-electron chi connectivity index (χ3n) is 2.84. The van der Waals surface area contributed by atoms with Crippen molar-refractivity contribution < 1.29 is 19.0 Å². The third-order valence-corrected chi connectivity index (χ3v) is 2.84. The Bertz CT molecular complexity index is 204. The van der Waals surface area contributed by atoms with E-state index < -0.39 is 0 Å². The first kappa shape index (κ1) is 11.5. The van der Waals surface area contributed by atoms with Crippen molar-refractivity contribution in [3.8, 4) is 0 Å². The van der Waals surface area contributed by atoms with Crippen LogP contribution in [-0.4, -0.2) is 32.1 Å². The van der Waals surface area contributed by atoms with Crippen LogP contribution < -0.4 is 0 Å². The van der Waals surface area contributed by atoms with E-state index in [0.29, 0.717) is 0 Å². The summed E-state index contributed by atoms with van der Waals surface area (Å²) in [6.07, 6.45) is -0.258. The molecule has 0 radical (unpaired) electrons. The number of hydrogen-bond donors (Lipinski definition) is 0. The van der Waals surface area contributed by atoms with Crippen LogP contribution in [0.4, 0.5) is 0 Å². The van der Waals surface area contributed by atoms with Gasteiger partial charge in [0.15, 0.2) is 0 Å². The number of cyclic esters (lactones) is 1. The molecule has 82 valence electrons. The fourth-order valence-electron chi connectivity index (χ4n) is 1.64. The summed E-state index contributed by atoms with van der Waals surface area (Å²) in [6, 6.07) is 0. The molecule has 0 saturated carbocycles. The molecule has 1 rings (SSSR count). The third kappa shape index (κ3) is 2.25. The number of hydrogen-bond acceptors (Lipinski definition) is 4. The van der Waals surface area contributed by atoms with E-state index in [1.165, 1.54) is 0 Å². The quantitative estimate of drug-likeness (QED) is 0.507. The molecular formula is C10H18O4. The molecule has 1 fully saturated rings. The first-order valence-electron chi connectivity index (χ1n) is 4.89. The van der Waals surface area contributed by atoms with E-state index in [-0.39, 0.29) is 36.8 Å². The molecule has 0 aromatic rings. The van der Waals surface area contributed by atoms with Gasteiger partial charge in [0.05, 0.1) is 12.0 Å². The largest absolute Gasteiger partial charge is 0.459 e. The Kier molecular flexibility index (Phi) is 3.89. The van der Waals surface area contributed by atoms with Crippen molar-refractivity contribution in [2.75, 3.05) is 13.9 Å². The number of carbonyl (C=O) groups excluding carboxylic acids is 1. The van der Waals surface area contributed by atoms with Crippen LogP contribution in [-0.2, 0) is 19.0 Å². The van der Waals surface area contributed by atoms with E-state index in [9.17, 15) is 4.79 Å². The molecule has 14 heavy (non-hydrogen) atoms. The lowest BCUT2D eigenvalue weighted by Crippen LogP contribution is -2.31. The lowest BCUT2D eigenvalue weighted by Gasteiger charge is -2.22. The van der Waals surface area contributed by atoms with Gasteiger partial charge in [0.2, 0.25) is 0 Å². The smallest absolute Gasteiger partial charge is 0.309 e. The van der Waals surface area contributed by atoms with Crippen LogP contribution in [0, 0.1) is 11.8 Å². The van der Waals surface area contributed by atoms with Gasteiger partial charge in [-0.25, -0.2) is 0 Å². The molecule has 1 aliphatic rings. The molecule has 0 spiro atoms. The van der Waals surface area contributed by atoms with Crippen LogP contribution in [0.1, 0.15) is 20.8 Å². The summed E-state index contributed by atoms with van der Waals surface area (Å²) in [6.45, 7) is 6.02. The van der Waals surface area contributed by atoms with Crippen LogP contribution >= 0.6 is 0 Å². The van der Waals surface area contributed by atoms with Gasteiger partial charge in [0.1, 0.15) is 12.9 Å². The predicted octanol–water partition coefficient (Wildman–Crippen LogP) is 1.19. The summed E-state index contributed by atoms with van der Waals surface area (Å²) < 4.78 is 15.4. The normalized spacial score (nSPS) is 34.3. The molecule has 1 saturated heterocycles. The highest BCUT2D eigenvalue weighted by atomic mass is 16.7. The zero-order valence-electron chi connectivity index (χ0n) is 9.15. The Morgan fingerprint density at radius 3 is 2.57 bits per heavy atom.